The Hall–Kier alpha value is -2.08. The summed E-state index contributed by atoms with van der Waals surface area (Å²) in [6, 6.07) is 8.50. The molecule has 19 heavy (non-hydrogen) atoms. The Morgan fingerprint density at radius 3 is 2.79 bits per heavy atom. The molecule has 1 amide bonds. The normalized spacial score (nSPS) is 10.0. The van der Waals surface area contributed by atoms with E-state index in [9.17, 15) is 4.79 Å². The third-order valence-electron chi connectivity index (χ3n) is 2.32. The number of hydrogen-bond acceptors (Lipinski definition) is 4. The minimum Gasteiger partial charge on any atom is -0.457 e. The average molecular weight is 322 g/mol. The Morgan fingerprint density at radius 1 is 1.32 bits per heavy atom. The molecule has 0 saturated heterocycles. The topological polar surface area (TPSA) is 77.2 Å². The first-order valence-corrected chi connectivity index (χ1v) is 6.30. The Morgan fingerprint density at radius 2 is 2.11 bits per heavy atom. The van der Waals surface area contributed by atoms with E-state index in [-0.39, 0.29) is 5.91 Å². The summed E-state index contributed by atoms with van der Waals surface area (Å²) in [5.74, 6) is 0.839. The van der Waals surface area contributed by atoms with Gasteiger partial charge in [0.05, 0.1) is 0 Å². The van der Waals surface area contributed by atoms with Gasteiger partial charge in [-0.2, -0.15) is 0 Å². The summed E-state index contributed by atoms with van der Waals surface area (Å²) in [5, 5.41) is 2.51. The molecule has 0 radical (unpaired) electrons. The molecule has 0 saturated carbocycles. The van der Waals surface area contributed by atoms with E-state index in [1.54, 1.807) is 37.4 Å². The minimum atomic E-state index is -0.265. The van der Waals surface area contributed by atoms with Crippen molar-refractivity contribution in [1.82, 2.24) is 10.3 Å². The number of nitrogens with two attached hydrogens (primary N) is 1. The first-order valence-electron chi connectivity index (χ1n) is 5.50. The van der Waals surface area contributed by atoms with Crippen LogP contribution in [0.2, 0.25) is 0 Å². The van der Waals surface area contributed by atoms with Crippen LogP contribution in [0.3, 0.4) is 0 Å². The number of amides is 1. The van der Waals surface area contributed by atoms with E-state index < -0.39 is 0 Å². The van der Waals surface area contributed by atoms with Crippen LogP contribution >= 0.6 is 15.9 Å². The quantitative estimate of drug-likeness (QED) is 0.852. The van der Waals surface area contributed by atoms with Gasteiger partial charge in [-0.3, -0.25) is 9.78 Å². The van der Waals surface area contributed by atoms with Crippen molar-refractivity contribution in [1.29, 1.82) is 0 Å². The number of ether oxygens (including phenoxy) is 1. The second-order valence-corrected chi connectivity index (χ2v) is 4.69. The van der Waals surface area contributed by atoms with Crippen molar-refractivity contribution in [3.8, 4) is 11.5 Å². The van der Waals surface area contributed by atoms with E-state index in [2.05, 4.69) is 26.2 Å². The number of aromatic nitrogens is 1. The molecule has 3 N–H and O–H groups in total. The van der Waals surface area contributed by atoms with Gasteiger partial charge in [0.25, 0.3) is 5.91 Å². The van der Waals surface area contributed by atoms with E-state index in [1.165, 1.54) is 6.20 Å². The fourth-order valence-corrected chi connectivity index (χ4v) is 2.00. The van der Waals surface area contributed by atoms with Gasteiger partial charge in [-0.15, -0.1) is 0 Å². The molecular weight excluding hydrogens is 310 g/mol. The summed E-state index contributed by atoms with van der Waals surface area (Å²) in [4.78, 5) is 15.4. The van der Waals surface area contributed by atoms with Gasteiger partial charge in [-0.05, 0) is 18.2 Å². The molecule has 0 unspecified atom stereocenters. The van der Waals surface area contributed by atoms with Crippen LogP contribution in [0.4, 0.5) is 5.69 Å². The molecule has 0 aliphatic rings. The third-order valence-corrected chi connectivity index (χ3v) is 2.78. The van der Waals surface area contributed by atoms with Gasteiger partial charge in [0.2, 0.25) is 0 Å². The van der Waals surface area contributed by atoms with Gasteiger partial charge in [0, 0.05) is 35.5 Å². The van der Waals surface area contributed by atoms with Crippen molar-refractivity contribution in [2.45, 2.75) is 0 Å². The highest BCUT2D eigenvalue weighted by Gasteiger charge is 2.07. The summed E-state index contributed by atoms with van der Waals surface area (Å²) in [7, 11) is 1.55. The summed E-state index contributed by atoms with van der Waals surface area (Å²) >= 11 is 3.34. The van der Waals surface area contributed by atoms with Gasteiger partial charge in [-0.25, -0.2) is 0 Å². The number of halogens is 1. The number of benzene rings is 1. The second kappa shape index (κ2) is 5.71. The van der Waals surface area contributed by atoms with Crippen molar-refractivity contribution in [3.63, 3.8) is 0 Å². The van der Waals surface area contributed by atoms with Gasteiger partial charge in [0.1, 0.15) is 17.2 Å². The third kappa shape index (κ3) is 3.45. The predicted molar refractivity (Wildman–Crippen MR) is 76.3 cm³/mol. The number of nitrogen functional groups attached to an aromatic ring is 1. The number of anilines is 1. The Kier molecular flexibility index (Phi) is 4.01. The van der Waals surface area contributed by atoms with Gasteiger partial charge in [-0.1, -0.05) is 15.9 Å². The van der Waals surface area contributed by atoms with Crippen LogP contribution in [-0.2, 0) is 0 Å². The lowest BCUT2D eigenvalue weighted by Crippen LogP contribution is -2.18. The van der Waals surface area contributed by atoms with Crippen LogP contribution in [0, 0.1) is 0 Å². The van der Waals surface area contributed by atoms with Crippen LogP contribution in [0.1, 0.15) is 10.5 Å². The fraction of sp³-hybridized carbons (Fsp3) is 0.0769. The number of nitrogens with one attached hydrogen (secondary N) is 1. The maximum absolute atomic E-state index is 11.5. The average Bonchev–Trinajstić information content (AvgIpc) is 2.37. The molecule has 0 spiro atoms. The fourth-order valence-electron chi connectivity index (χ4n) is 1.51. The molecule has 98 valence electrons. The lowest BCUT2D eigenvalue weighted by molar-refractivity contribution is 0.0958. The lowest BCUT2D eigenvalue weighted by atomic mass is 10.3. The van der Waals surface area contributed by atoms with Crippen LogP contribution in [0.25, 0.3) is 0 Å². The summed E-state index contributed by atoms with van der Waals surface area (Å²) in [6.45, 7) is 0. The summed E-state index contributed by atoms with van der Waals surface area (Å²) < 4.78 is 6.47. The zero-order valence-electron chi connectivity index (χ0n) is 10.2. The zero-order chi connectivity index (χ0) is 13.8. The number of hydrogen-bond donors (Lipinski definition) is 2. The van der Waals surface area contributed by atoms with Crippen LogP contribution in [0.15, 0.2) is 41.0 Å². The molecule has 0 bridgehead atoms. The van der Waals surface area contributed by atoms with Gasteiger partial charge < -0.3 is 15.8 Å². The molecule has 0 aliphatic heterocycles. The number of carbonyl (C=O) groups excluding carboxylic acids is 1. The number of pyridine rings is 1. The maximum Gasteiger partial charge on any atom is 0.269 e. The zero-order valence-corrected chi connectivity index (χ0v) is 11.8. The lowest BCUT2D eigenvalue weighted by Gasteiger charge is -2.08. The van der Waals surface area contributed by atoms with Crippen molar-refractivity contribution in [3.05, 3.63) is 46.7 Å². The number of nitrogens with zero attached hydrogens (tertiary/aromatic N) is 1. The smallest absolute Gasteiger partial charge is 0.269 e. The van der Waals surface area contributed by atoms with Gasteiger partial charge >= 0.3 is 0 Å². The van der Waals surface area contributed by atoms with Crippen LogP contribution in [-0.4, -0.2) is 17.9 Å². The Balaban J connectivity index is 2.25. The first-order chi connectivity index (χ1) is 9.08. The van der Waals surface area contributed by atoms with E-state index in [4.69, 9.17) is 10.5 Å². The number of rotatable bonds is 3. The Labute approximate surface area is 118 Å². The predicted octanol–water partition coefficient (Wildman–Crippen LogP) is 2.58. The molecule has 0 aliphatic carbocycles. The molecule has 1 aromatic carbocycles. The van der Waals surface area contributed by atoms with E-state index in [0.717, 1.165) is 4.47 Å². The standard InChI is InChI=1S/C13H12BrN3O2/c1-16-13(18)12-7-10(2-3-17-12)19-11-5-8(14)4-9(15)6-11/h2-7H,15H2,1H3,(H,16,18). The molecule has 6 heteroatoms. The molecule has 0 fully saturated rings. The molecule has 2 aromatic rings. The maximum atomic E-state index is 11.5. The highest BCUT2D eigenvalue weighted by molar-refractivity contribution is 9.10. The van der Waals surface area contributed by atoms with Gasteiger partial charge in [0.15, 0.2) is 0 Å². The molecule has 5 nitrogen and oxygen atoms in total. The summed E-state index contributed by atoms with van der Waals surface area (Å²) in [6.07, 6.45) is 1.52. The van der Waals surface area contributed by atoms with Crippen molar-refractivity contribution in [2.75, 3.05) is 12.8 Å². The highest BCUT2D eigenvalue weighted by atomic mass is 79.9. The Bertz CT molecular complexity index is 596. The van der Waals surface area contributed by atoms with E-state index in [0.29, 0.717) is 22.9 Å². The van der Waals surface area contributed by atoms with Crippen LogP contribution in [0.5, 0.6) is 11.5 Å². The molecule has 1 aromatic heterocycles. The molecule has 1 heterocycles. The molecule has 0 atom stereocenters. The van der Waals surface area contributed by atoms with E-state index in [1.807, 2.05) is 0 Å². The van der Waals surface area contributed by atoms with Crippen molar-refractivity contribution >= 4 is 27.5 Å². The monoisotopic (exact) mass is 321 g/mol. The highest BCUT2D eigenvalue weighted by Crippen LogP contribution is 2.27. The second-order valence-electron chi connectivity index (χ2n) is 3.78. The minimum absolute atomic E-state index is 0.265. The summed E-state index contributed by atoms with van der Waals surface area (Å²) in [5.41, 5.74) is 6.61. The largest absolute Gasteiger partial charge is 0.457 e. The van der Waals surface area contributed by atoms with Crippen molar-refractivity contribution < 1.29 is 9.53 Å². The number of carbonyl (C=O) groups is 1. The first kappa shape index (κ1) is 13.4. The van der Waals surface area contributed by atoms with Crippen molar-refractivity contribution in [2.24, 2.45) is 0 Å². The van der Waals surface area contributed by atoms with E-state index >= 15 is 0 Å². The SMILES string of the molecule is CNC(=O)c1cc(Oc2cc(N)cc(Br)c2)ccn1. The van der Waals surface area contributed by atoms with Crippen LogP contribution < -0.4 is 15.8 Å². The molecule has 2 rings (SSSR count). The molecular formula is C13H12BrN3O2.